The van der Waals surface area contributed by atoms with Crippen LogP contribution in [-0.4, -0.2) is 53.5 Å². The van der Waals surface area contributed by atoms with Gasteiger partial charge >= 0.3 is 6.09 Å². The largest absolute Gasteiger partial charge is 0.444 e. The number of amides is 1. The van der Waals surface area contributed by atoms with E-state index in [1.807, 2.05) is 20.8 Å². The summed E-state index contributed by atoms with van der Waals surface area (Å²) in [4.78, 5) is 14.6. The molecule has 0 aromatic rings. The Morgan fingerprint density at radius 1 is 1.30 bits per heavy atom. The van der Waals surface area contributed by atoms with Crippen molar-refractivity contribution in [3.63, 3.8) is 0 Å². The monoisotopic (exact) mass is 326 g/mol. The Hall–Kier alpha value is -0.810. The zero-order valence-electron chi connectivity index (χ0n) is 15.2. The minimum atomic E-state index is -0.461. The van der Waals surface area contributed by atoms with E-state index in [9.17, 15) is 4.79 Å². The van der Waals surface area contributed by atoms with Crippen LogP contribution < -0.4 is 5.32 Å². The second-order valence-corrected chi connectivity index (χ2v) is 8.39. The number of carbonyl (C=O) groups excluding carboxylic acids is 1. The number of aliphatic hydroxyl groups excluding tert-OH is 1. The summed E-state index contributed by atoms with van der Waals surface area (Å²) >= 11 is 0. The molecule has 5 nitrogen and oxygen atoms in total. The predicted molar refractivity (Wildman–Crippen MR) is 91.3 cm³/mol. The van der Waals surface area contributed by atoms with Crippen molar-refractivity contribution in [2.45, 2.75) is 77.5 Å². The van der Waals surface area contributed by atoms with Gasteiger partial charge in [0.25, 0.3) is 0 Å². The third-order valence-corrected chi connectivity index (χ3v) is 5.10. The van der Waals surface area contributed by atoms with E-state index in [2.05, 4.69) is 17.1 Å². The Morgan fingerprint density at radius 2 is 2.04 bits per heavy atom. The van der Waals surface area contributed by atoms with Crippen molar-refractivity contribution in [1.29, 1.82) is 0 Å². The molecule has 1 amide bonds. The predicted octanol–water partition coefficient (Wildman–Crippen LogP) is 2.77. The number of ether oxygens (including phenoxy) is 1. The molecule has 4 atom stereocenters. The molecule has 134 valence electrons. The lowest BCUT2D eigenvalue weighted by molar-refractivity contribution is 0.0127. The first-order valence-corrected chi connectivity index (χ1v) is 9.13. The van der Waals surface area contributed by atoms with E-state index in [1.165, 1.54) is 12.8 Å². The number of likely N-dealkylation sites (tertiary alicyclic amines) is 1. The maximum atomic E-state index is 12.1. The number of nitrogens with one attached hydrogen (secondary N) is 1. The van der Waals surface area contributed by atoms with Crippen LogP contribution >= 0.6 is 0 Å². The van der Waals surface area contributed by atoms with Gasteiger partial charge in [-0.05, 0) is 64.7 Å². The van der Waals surface area contributed by atoms with Crippen molar-refractivity contribution in [2.75, 3.05) is 19.7 Å². The van der Waals surface area contributed by atoms with Crippen molar-refractivity contribution in [3.05, 3.63) is 0 Å². The highest BCUT2D eigenvalue weighted by atomic mass is 16.6. The maximum Gasteiger partial charge on any atom is 0.407 e. The van der Waals surface area contributed by atoms with Crippen LogP contribution in [0.2, 0.25) is 0 Å². The molecule has 1 saturated heterocycles. The Kier molecular flexibility index (Phi) is 6.32. The lowest BCUT2D eigenvalue weighted by atomic mass is 9.78. The average molecular weight is 326 g/mol. The maximum absolute atomic E-state index is 12.1. The van der Waals surface area contributed by atoms with Crippen LogP contribution in [0.4, 0.5) is 4.79 Å². The van der Waals surface area contributed by atoms with E-state index in [1.54, 1.807) is 0 Å². The van der Waals surface area contributed by atoms with Gasteiger partial charge in [0.1, 0.15) is 5.60 Å². The topological polar surface area (TPSA) is 61.8 Å². The summed E-state index contributed by atoms with van der Waals surface area (Å²) in [5, 5.41) is 12.2. The summed E-state index contributed by atoms with van der Waals surface area (Å²) in [5.41, 5.74) is -0.461. The van der Waals surface area contributed by atoms with Crippen LogP contribution in [0, 0.1) is 11.8 Å². The van der Waals surface area contributed by atoms with E-state index in [0.29, 0.717) is 12.0 Å². The summed E-state index contributed by atoms with van der Waals surface area (Å²) in [6, 6.07) is 0.810. The normalized spacial score (nSPS) is 32.2. The molecule has 0 aromatic carbocycles. The van der Waals surface area contributed by atoms with E-state index < -0.39 is 5.60 Å². The third kappa shape index (κ3) is 5.64. The molecule has 1 heterocycles. The molecule has 23 heavy (non-hydrogen) atoms. The highest BCUT2D eigenvalue weighted by molar-refractivity contribution is 5.68. The standard InChI is InChI=1S/C18H34N2O3/c1-13-7-8-16(13)20-11-14(6-5-9-21)10-15(12-20)19-17(22)23-18(2,3)4/h13-16,21H,5-12H2,1-4H3,(H,19,22). The fourth-order valence-electron chi connectivity index (χ4n) is 3.87. The van der Waals surface area contributed by atoms with Gasteiger partial charge in [-0.1, -0.05) is 6.92 Å². The summed E-state index contributed by atoms with van der Waals surface area (Å²) in [7, 11) is 0. The smallest absolute Gasteiger partial charge is 0.407 e. The number of aliphatic hydroxyl groups is 1. The van der Waals surface area contributed by atoms with Gasteiger partial charge in [0.05, 0.1) is 0 Å². The summed E-state index contributed by atoms with van der Waals surface area (Å²) < 4.78 is 5.41. The molecular formula is C18H34N2O3. The van der Waals surface area contributed by atoms with Crippen LogP contribution in [0.5, 0.6) is 0 Å². The number of hydrogen-bond donors (Lipinski definition) is 2. The van der Waals surface area contributed by atoms with Crippen LogP contribution in [0.3, 0.4) is 0 Å². The van der Waals surface area contributed by atoms with E-state index in [4.69, 9.17) is 9.84 Å². The lowest BCUT2D eigenvalue weighted by Gasteiger charge is -2.48. The minimum Gasteiger partial charge on any atom is -0.444 e. The van der Waals surface area contributed by atoms with Crippen molar-refractivity contribution < 1.29 is 14.6 Å². The molecule has 2 N–H and O–H groups in total. The quantitative estimate of drug-likeness (QED) is 0.815. The molecule has 2 rings (SSSR count). The highest BCUT2D eigenvalue weighted by Crippen LogP contribution is 2.35. The summed E-state index contributed by atoms with van der Waals surface area (Å²) in [6.07, 6.45) is 5.13. The molecule has 0 aromatic heterocycles. The molecule has 5 heteroatoms. The Labute approximate surface area is 140 Å². The molecule has 4 unspecified atom stereocenters. The molecule has 0 bridgehead atoms. The van der Waals surface area contributed by atoms with E-state index >= 15 is 0 Å². The molecule has 1 aliphatic carbocycles. The minimum absolute atomic E-state index is 0.148. The van der Waals surface area contributed by atoms with Crippen LogP contribution in [0.15, 0.2) is 0 Å². The van der Waals surface area contributed by atoms with Gasteiger partial charge in [-0.15, -0.1) is 0 Å². The van der Waals surface area contributed by atoms with E-state index in [0.717, 1.165) is 38.3 Å². The molecule has 0 radical (unpaired) electrons. The molecule has 0 spiro atoms. The molecule has 1 saturated carbocycles. The molecule has 2 fully saturated rings. The first-order valence-electron chi connectivity index (χ1n) is 9.13. The van der Waals surface area contributed by atoms with Gasteiger partial charge in [-0.25, -0.2) is 4.79 Å². The zero-order chi connectivity index (χ0) is 17.0. The molecule has 2 aliphatic rings. The molecule has 1 aliphatic heterocycles. The van der Waals surface area contributed by atoms with Gasteiger partial charge in [-0.2, -0.15) is 0 Å². The number of carbonyl (C=O) groups is 1. The third-order valence-electron chi connectivity index (χ3n) is 5.10. The van der Waals surface area contributed by atoms with Gasteiger partial charge in [0.15, 0.2) is 0 Å². The van der Waals surface area contributed by atoms with E-state index in [-0.39, 0.29) is 18.7 Å². The SMILES string of the molecule is CC1CCC1N1CC(CCCO)CC(NC(=O)OC(C)(C)C)C1. The zero-order valence-corrected chi connectivity index (χ0v) is 15.2. The van der Waals surface area contributed by atoms with Gasteiger partial charge in [0, 0.05) is 31.8 Å². The van der Waals surface area contributed by atoms with Crippen LogP contribution in [0.25, 0.3) is 0 Å². The first kappa shape index (κ1) is 18.5. The van der Waals surface area contributed by atoms with Crippen molar-refractivity contribution >= 4 is 6.09 Å². The number of rotatable bonds is 5. The van der Waals surface area contributed by atoms with Crippen molar-refractivity contribution in [1.82, 2.24) is 10.2 Å². The number of nitrogens with zero attached hydrogens (tertiary/aromatic N) is 1. The fourth-order valence-corrected chi connectivity index (χ4v) is 3.87. The van der Waals surface area contributed by atoms with Crippen molar-refractivity contribution in [3.8, 4) is 0 Å². The Morgan fingerprint density at radius 3 is 2.57 bits per heavy atom. The Bertz CT molecular complexity index is 394. The lowest BCUT2D eigenvalue weighted by Crippen LogP contribution is -2.57. The van der Waals surface area contributed by atoms with Gasteiger partial charge < -0.3 is 15.2 Å². The number of piperidine rings is 1. The second-order valence-electron chi connectivity index (χ2n) is 8.39. The second kappa shape index (κ2) is 7.84. The van der Waals surface area contributed by atoms with Gasteiger partial charge in [-0.3, -0.25) is 4.90 Å². The number of alkyl carbamates (subject to hydrolysis) is 1. The molecular weight excluding hydrogens is 292 g/mol. The summed E-state index contributed by atoms with van der Waals surface area (Å²) in [6.45, 7) is 10.3. The first-order chi connectivity index (χ1) is 10.8. The highest BCUT2D eigenvalue weighted by Gasteiger charge is 2.38. The van der Waals surface area contributed by atoms with Gasteiger partial charge in [0.2, 0.25) is 0 Å². The number of hydrogen-bond acceptors (Lipinski definition) is 4. The summed E-state index contributed by atoms with van der Waals surface area (Å²) in [5.74, 6) is 1.30. The van der Waals surface area contributed by atoms with Crippen LogP contribution in [-0.2, 0) is 4.74 Å². The average Bonchev–Trinajstić information content (AvgIpc) is 2.41. The fraction of sp³-hybridized carbons (Fsp3) is 0.944. The Balaban J connectivity index is 1.92. The van der Waals surface area contributed by atoms with Crippen LogP contribution in [0.1, 0.15) is 59.8 Å². The van der Waals surface area contributed by atoms with Crippen molar-refractivity contribution in [2.24, 2.45) is 11.8 Å².